The highest BCUT2D eigenvalue weighted by Gasteiger charge is 2.39. The standard InChI is InChI=1S/C11H15NO3/c1-2-15-11(8-13)5-7-14-9-4-3-6-12-10(9)11/h3-4,6,13H,2,5,7-8H2,1H3. The summed E-state index contributed by atoms with van der Waals surface area (Å²) in [4.78, 5) is 4.25. The highest BCUT2D eigenvalue weighted by Crippen LogP contribution is 2.37. The van der Waals surface area contributed by atoms with Gasteiger partial charge >= 0.3 is 0 Å². The molecule has 1 N–H and O–H groups in total. The summed E-state index contributed by atoms with van der Waals surface area (Å²) in [6.07, 6.45) is 2.33. The van der Waals surface area contributed by atoms with Gasteiger partial charge in [0, 0.05) is 19.2 Å². The van der Waals surface area contributed by atoms with Crippen molar-refractivity contribution < 1.29 is 14.6 Å². The lowest BCUT2D eigenvalue weighted by Crippen LogP contribution is -2.40. The molecule has 4 heteroatoms. The number of rotatable bonds is 3. The number of pyridine rings is 1. The van der Waals surface area contributed by atoms with E-state index in [1.54, 1.807) is 6.20 Å². The molecule has 1 aliphatic heterocycles. The van der Waals surface area contributed by atoms with Crippen LogP contribution in [0.1, 0.15) is 19.0 Å². The Kier molecular flexibility index (Phi) is 2.88. The van der Waals surface area contributed by atoms with Crippen molar-refractivity contribution in [2.45, 2.75) is 18.9 Å². The van der Waals surface area contributed by atoms with Gasteiger partial charge in [-0.25, -0.2) is 0 Å². The maximum atomic E-state index is 9.50. The summed E-state index contributed by atoms with van der Waals surface area (Å²) in [5.74, 6) is 0.714. The summed E-state index contributed by atoms with van der Waals surface area (Å²) in [5, 5.41) is 9.50. The molecule has 0 spiro atoms. The summed E-state index contributed by atoms with van der Waals surface area (Å²) in [6.45, 7) is 2.96. The van der Waals surface area contributed by atoms with Crippen molar-refractivity contribution >= 4 is 0 Å². The van der Waals surface area contributed by atoms with Crippen LogP contribution in [-0.2, 0) is 10.3 Å². The first-order valence-corrected chi connectivity index (χ1v) is 5.15. The van der Waals surface area contributed by atoms with E-state index >= 15 is 0 Å². The normalized spacial score (nSPS) is 24.4. The summed E-state index contributed by atoms with van der Waals surface area (Å²) in [6, 6.07) is 3.67. The van der Waals surface area contributed by atoms with Crippen LogP contribution < -0.4 is 4.74 Å². The monoisotopic (exact) mass is 209 g/mol. The van der Waals surface area contributed by atoms with Crippen LogP contribution in [0.25, 0.3) is 0 Å². The molecule has 0 saturated carbocycles. The second-order valence-corrected chi connectivity index (χ2v) is 3.53. The van der Waals surface area contributed by atoms with Crippen molar-refractivity contribution in [1.82, 2.24) is 4.98 Å². The van der Waals surface area contributed by atoms with E-state index < -0.39 is 5.60 Å². The maximum absolute atomic E-state index is 9.50. The number of ether oxygens (including phenoxy) is 2. The Balaban J connectivity index is 2.42. The lowest BCUT2D eigenvalue weighted by atomic mass is 9.93. The summed E-state index contributed by atoms with van der Waals surface area (Å²) < 4.78 is 11.1. The zero-order chi connectivity index (χ0) is 10.7. The average molecular weight is 209 g/mol. The molecule has 15 heavy (non-hydrogen) atoms. The molecule has 0 saturated heterocycles. The number of fused-ring (bicyclic) bond motifs is 1. The van der Waals surface area contributed by atoms with Gasteiger partial charge < -0.3 is 14.6 Å². The van der Waals surface area contributed by atoms with E-state index in [1.165, 1.54) is 0 Å². The van der Waals surface area contributed by atoms with Crippen molar-refractivity contribution in [3.63, 3.8) is 0 Å². The molecule has 1 unspecified atom stereocenters. The Morgan fingerprint density at radius 1 is 1.67 bits per heavy atom. The molecule has 0 amide bonds. The van der Waals surface area contributed by atoms with Crippen molar-refractivity contribution in [3.05, 3.63) is 24.0 Å². The van der Waals surface area contributed by atoms with E-state index in [9.17, 15) is 5.11 Å². The van der Waals surface area contributed by atoms with E-state index in [-0.39, 0.29) is 6.61 Å². The Morgan fingerprint density at radius 3 is 3.27 bits per heavy atom. The van der Waals surface area contributed by atoms with Crippen LogP contribution in [0.3, 0.4) is 0 Å². The predicted octanol–water partition coefficient (Wildman–Crippen LogP) is 1.09. The molecule has 2 heterocycles. The van der Waals surface area contributed by atoms with Gasteiger partial charge in [0.05, 0.1) is 13.2 Å². The molecule has 0 bridgehead atoms. The van der Waals surface area contributed by atoms with E-state index in [1.807, 2.05) is 19.1 Å². The lowest BCUT2D eigenvalue weighted by molar-refractivity contribution is -0.104. The molecular weight excluding hydrogens is 194 g/mol. The highest BCUT2D eigenvalue weighted by atomic mass is 16.5. The van der Waals surface area contributed by atoms with Crippen LogP contribution in [0.15, 0.2) is 18.3 Å². The zero-order valence-corrected chi connectivity index (χ0v) is 8.77. The number of hydrogen-bond donors (Lipinski definition) is 1. The van der Waals surface area contributed by atoms with Gasteiger partial charge in [-0.15, -0.1) is 0 Å². The highest BCUT2D eigenvalue weighted by molar-refractivity contribution is 5.34. The third kappa shape index (κ3) is 1.70. The third-order valence-corrected chi connectivity index (χ3v) is 2.64. The van der Waals surface area contributed by atoms with E-state index in [0.29, 0.717) is 31.1 Å². The molecular formula is C11H15NO3. The SMILES string of the molecule is CCOC1(CO)CCOc2cccnc21. The Hall–Kier alpha value is -1.13. The summed E-state index contributed by atoms with van der Waals surface area (Å²) >= 11 is 0. The van der Waals surface area contributed by atoms with Gasteiger partial charge in [0.2, 0.25) is 0 Å². The summed E-state index contributed by atoms with van der Waals surface area (Å²) in [5.41, 5.74) is 0.0319. The van der Waals surface area contributed by atoms with Crippen molar-refractivity contribution in [1.29, 1.82) is 0 Å². The van der Waals surface area contributed by atoms with Gasteiger partial charge in [-0.05, 0) is 19.1 Å². The van der Waals surface area contributed by atoms with Gasteiger partial charge in [0.1, 0.15) is 17.0 Å². The fourth-order valence-corrected chi connectivity index (χ4v) is 1.91. The Bertz CT molecular complexity index is 342. The lowest BCUT2D eigenvalue weighted by Gasteiger charge is -2.35. The van der Waals surface area contributed by atoms with E-state index in [0.717, 1.165) is 0 Å². The van der Waals surface area contributed by atoms with Crippen molar-refractivity contribution in [3.8, 4) is 5.75 Å². The molecule has 1 aliphatic rings. The maximum Gasteiger partial charge on any atom is 0.143 e. The molecule has 0 fully saturated rings. The van der Waals surface area contributed by atoms with Crippen molar-refractivity contribution in [2.24, 2.45) is 0 Å². The minimum Gasteiger partial charge on any atom is -0.491 e. The van der Waals surface area contributed by atoms with Crippen LogP contribution >= 0.6 is 0 Å². The van der Waals surface area contributed by atoms with Gasteiger partial charge in [0.25, 0.3) is 0 Å². The fourth-order valence-electron chi connectivity index (χ4n) is 1.91. The molecule has 1 aromatic heterocycles. The number of nitrogens with zero attached hydrogens (tertiary/aromatic N) is 1. The van der Waals surface area contributed by atoms with Crippen LogP contribution in [0.5, 0.6) is 5.75 Å². The first-order chi connectivity index (χ1) is 7.32. The Labute approximate surface area is 88.9 Å². The molecule has 2 rings (SSSR count). The zero-order valence-electron chi connectivity index (χ0n) is 8.77. The molecule has 4 nitrogen and oxygen atoms in total. The molecule has 1 aromatic rings. The smallest absolute Gasteiger partial charge is 0.143 e. The third-order valence-electron chi connectivity index (χ3n) is 2.64. The topological polar surface area (TPSA) is 51.6 Å². The fraction of sp³-hybridized carbons (Fsp3) is 0.545. The van der Waals surface area contributed by atoms with Crippen LogP contribution in [0.2, 0.25) is 0 Å². The first kappa shape index (κ1) is 10.4. The van der Waals surface area contributed by atoms with Crippen LogP contribution in [0, 0.1) is 0 Å². The largest absolute Gasteiger partial charge is 0.491 e. The van der Waals surface area contributed by atoms with Gasteiger partial charge in [-0.2, -0.15) is 0 Å². The second-order valence-electron chi connectivity index (χ2n) is 3.53. The average Bonchev–Trinajstić information content (AvgIpc) is 2.30. The number of aliphatic hydroxyl groups is 1. The molecule has 0 radical (unpaired) electrons. The predicted molar refractivity (Wildman–Crippen MR) is 54.7 cm³/mol. The molecule has 0 aromatic carbocycles. The quantitative estimate of drug-likeness (QED) is 0.809. The van der Waals surface area contributed by atoms with Crippen molar-refractivity contribution in [2.75, 3.05) is 19.8 Å². The number of aliphatic hydroxyl groups excluding tert-OH is 1. The minimum atomic E-state index is -0.677. The summed E-state index contributed by atoms with van der Waals surface area (Å²) in [7, 11) is 0. The van der Waals surface area contributed by atoms with Crippen LogP contribution in [-0.4, -0.2) is 29.9 Å². The molecule has 1 atom stereocenters. The van der Waals surface area contributed by atoms with E-state index in [2.05, 4.69) is 4.98 Å². The number of hydrogen-bond acceptors (Lipinski definition) is 4. The number of aromatic nitrogens is 1. The van der Waals surface area contributed by atoms with Gasteiger partial charge in [-0.3, -0.25) is 4.98 Å². The van der Waals surface area contributed by atoms with Gasteiger partial charge in [0.15, 0.2) is 0 Å². The Morgan fingerprint density at radius 2 is 2.53 bits per heavy atom. The second kappa shape index (κ2) is 4.16. The molecule has 0 aliphatic carbocycles. The van der Waals surface area contributed by atoms with Gasteiger partial charge in [-0.1, -0.05) is 0 Å². The van der Waals surface area contributed by atoms with Crippen LogP contribution in [0.4, 0.5) is 0 Å². The molecule has 82 valence electrons. The minimum absolute atomic E-state index is 0.0613. The van der Waals surface area contributed by atoms with E-state index in [4.69, 9.17) is 9.47 Å². The first-order valence-electron chi connectivity index (χ1n) is 5.15.